The van der Waals surface area contributed by atoms with Crippen LogP contribution in [0.25, 0.3) is 0 Å². The number of carbonyl (C=O) groups is 1. The van der Waals surface area contributed by atoms with Gasteiger partial charge >= 0.3 is 0 Å². The number of nitrogens with zero attached hydrogens (tertiary/aromatic N) is 1. The maximum atomic E-state index is 11.1. The van der Waals surface area contributed by atoms with Crippen LogP contribution in [0.4, 0.5) is 0 Å². The summed E-state index contributed by atoms with van der Waals surface area (Å²) >= 11 is 0. The van der Waals surface area contributed by atoms with Crippen molar-refractivity contribution in [2.75, 3.05) is 14.2 Å². The van der Waals surface area contributed by atoms with Crippen molar-refractivity contribution < 1.29 is 18.8 Å². The first-order chi connectivity index (χ1) is 9.71. The first-order valence-electron chi connectivity index (χ1n) is 6.35. The summed E-state index contributed by atoms with van der Waals surface area (Å²) in [7, 11) is 3.24. The van der Waals surface area contributed by atoms with Crippen molar-refractivity contribution in [3.63, 3.8) is 0 Å². The lowest BCUT2D eigenvalue weighted by atomic mass is 10.1. The molecule has 0 saturated carbocycles. The van der Waals surface area contributed by atoms with E-state index in [0.29, 0.717) is 18.0 Å². The molecular weight excluding hydrogens is 254 g/mol. The SMILES string of the molecule is COc1ccc(C[n+]2ccccc2C=O)c(C)c1OC. The van der Waals surface area contributed by atoms with Crippen LogP contribution in [-0.4, -0.2) is 20.5 Å². The highest BCUT2D eigenvalue weighted by atomic mass is 16.5. The molecule has 0 bridgehead atoms. The van der Waals surface area contributed by atoms with Gasteiger partial charge in [0.2, 0.25) is 12.0 Å². The number of pyridine rings is 1. The molecule has 1 heterocycles. The maximum absolute atomic E-state index is 11.1. The van der Waals surface area contributed by atoms with E-state index in [1.807, 2.05) is 42.0 Å². The van der Waals surface area contributed by atoms with E-state index in [1.54, 1.807) is 20.3 Å². The predicted octanol–water partition coefficient (Wildman–Crippen LogP) is 2.16. The van der Waals surface area contributed by atoms with Gasteiger partial charge in [0, 0.05) is 23.3 Å². The Balaban J connectivity index is 2.41. The molecule has 0 aliphatic carbocycles. The van der Waals surface area contributed by atoms with Crippen LogP contribution >= 0.6 is 0 Å². The highest BCUT2D eigenvalue weighted by Gasteiger charge is 2.16. The molecule has 1 aromatic carbocycles. The standard InChI is InChI=1S/C16H18NO3/c1-12-13(7-8-15(19-2)16(12)20-3)10-17-9-5-4-6-14(17)11-18/h4-9,11H,10H2,1-3H3/q+1. The number of rotatable bonds is 5. The van der Waals surface area contributed by atoms with Crippen molar-refractivity contribution in [3.8, 4) is 11.5 Å². The summed E-state index contributed by atoms with van der Waals surface area (Å²) in [5.41, 5.74) is 2.74. The zero-order chi connectivity index (χ0) is 14.5. The molecule has 104 valence electrons. The van der Waals surface area contributed by atoms with Crippen LogP contribution < -0.4 is 14.0 Å². The average Bonchev–Trinajstić information content (AvgIpc) is 2.49. The van der Waals surface area contributed by atoms with Gasteiger partial charge in [0.05, 0.1) is 14.2 Å². The Morgan fingerprint density at radius 1 is 1.15 bits per heavy atom. The summed E-state index contributed by atoms with van der Waals surface area (Å²) in [6.07, 6.45) is 2.75. The molecule has 0 aliphatic rings. The van der Waals surface area contributed by atoms with Crippen LogP contribution in [0, 0.1) is 6.92 Å². The van der Waals surface area contributed by atoms with Gasteiger partial charge in [-0.1, -0.05) is 0 Å². The van der Waals surface area contributed by atoms with Crippen LogP contribution in [0.2, 0.25) is 0 Å². The molecule has 2 aromatic rings. The molecule has 0 aliphatic heterocycles. The molecule has 0 spiro atoms. The Kier molecular flexibility index (Phi) is 4.35. The Labute approximate surface area is 118 Å². The number of carbonyl (C=O) groups excluding carboxylic acids is 1. The largest absolute Gasteiger partial charge is 0.493 e. The summed E-state index contributed by atoms with van der Waals surface area (Å²) in [5, 5.41) is 0. The van der Waals surface area contributed by atoms with Gasteiger partial charge in [0.25, 0.3) is 0 Å². The van der Waals surface area contributed by atoms with Gasteiger partial charge in [-0.2, -0.15) is 4.57 Å². The molecule has 0 atom stereocenters. The van der Waals surface area contributed by atoms with E-state index < -0.39 is 0 Å². The molecular formula is C16H18NO3+. The van der Waals surface area contributed by atoms with Gasteiger partial charge in [-0.25, -0.2) is 0 Å². The van der Waals surface area contributed by atoms with E-state index >= 15 is 0 Å². The Morgan fingerprint density at radius 2 is 1.95 bits per heavy atom. The fourth-order valence-electron chi connectivity index (χ4n) is 2.22. The highest BCUT2D eigenvalue weighted by Crippen LogP contribution is 2.32. The molecule has 20 heavy (non-hydrogen) atoms. The van der Waals surface area contributed by atoms with Gasteiger partial charge in [0.1, 0.15) is 0 Å². The number of ether oxygens (including phenoxy) is 2. The fraction of sp³-hybridized carbons (Fsp3) is 0.250. The molecule has 2 rings (SSSR count). The zero-order valence-electron chi connectivity index (χ0n) is 11.9. The molecule has 4 heteroatoms. The number of hydrogen-bond acceptors (Lipinski definition) is 3. The van der Waals surface area contributed by atoms with E-state index in [-0.39, 0.29) is 0 Å². The number of methoxy groups -OCH3 is 2. The predicted molar refractivity (Wildman–Crippen MR) is 75.4 cm³/mol. The van der Waals surface area contributed by atoms with Crippen LogP contribution in [0.3, 0.4) is 0 Å². The molecule has 0 N–H and O–H groups in total. The number of aldehydes is 1. The van der Waals surface area contributed by atoms with Crippen molar-refractivity contribution in [2.45, 2.75) is 13.5 Å². The third-order valence-corrected chi connectivity index (χ3v) is 3.34. The quantitative estimate of drug-likeness (QED) is 0.618. The minimum absolute atomic E-state index is 0.612. The highest BCUT2D eigenvalue weighted by molar-refractivity contribution is 5.69. The Morgan fingerprint density at radius 3 is 2.60 bits per heavy atom. The number of hydrogen-bond donors (Lipinski definition) is 0. The van der Waals surface area contributed by atoms with Gasteiger partial charge < -0.3 is 9.47 Å². The minimum atomic E-state index is 0.612. The van der Waals surface area contributed by atoms with Gasteiger partial charge in [-0.15, -0.1) is 0 Å². The third kappa shape index (κ3) is 2.64. The van der Waals surface area contributed by atoms with E-state index in [9.17, 15) is 4.79 Å². The van der Waals surface area contributed by atoms with E-state index in [2.05, 4.69) is 0 Å². The molecule has 4 nitrogen and oxygen atoms in total. The maximum Gasteiger partial charge on any atom is 0.245 e. The number of aromatic nitrogens is 1. The molecule has 1 aromatic heterocycles. The van der Waals surface area contributed by atoms with Crippen molar-refractivity contribution in [2.24, 2.45) is 0 Å². The fourth-order valence-corrected chi connectivity index (χ4v) is 2.22. The first-order valence-corrected chi connectivity index (χ1v) is 6.35. The smallest absolute Gasteiger partial charge is 0.245 e. The molecule has 0 saturated heterocycles. The topological polar surface area (TPSA) is 39.4 Å². The van der Waals surface area contributed by atoms with Crippen molar-refractivity contribution >= 4 is 6.29 Å². The second-order valence-corrected chi connectivity index (χ2v) is 4.46. The van der Waals surface area contributed by atoms with E-state index in [1.165, 1.54) is 0 Å². The van der Waals surface area contributed by atoms with Crippen LogP contribution in [0.1, 0.15) is 21.6 Å². The summed E-state index contributed by atoms with van der Waals surface area (Å²) in [5.74, 6) is 1.44. The van der Waals surface area contributed by atoms with E-state index in [0.717, 1.165) is 23.2 Å². The molecule has 0 radical (unpaired) electrons. The van der Waals surface area contributed by atoms with E-state index in [4.69, 9.17) is 9.47 Å². The molecule has 0 unspecified atom stereocenters. The minimum Gasteiger partial charge on any atom is -0.493 e. The summed E-state index contributed by atoms with van der Waals surface area (Å²) < 4.78 is 12.6. The Hall–Kier alpha value is -2.36. The van der Waals surface area contributed by atoms with Gasteiger partial charge in [-0.05, 0) is 25.1 Å². The zero-order valence-corrected chi connectivity index (χ0v) is 11.9. The molecule has 0 amide bonds. The summed E-state index contributed by atoms with van der Waals surface area (Å²) in [6.45, 7) is 2.60. The third-order valence-electron chi connectivity index (χ3n) is 3.34. The lowest BCUT2D eigenvalue weighted by Crippen LogP contribution is -2.38. The summed E-state index contributed by atoms with van der Waals surface area (Å²) in [6, 6.07) is 9.42. The van der Waals surface area contributed by atoms with Crippen molar-refractivity contribution in [3.05, 3.63) is 53.3 Å². The van der Waals surface area contributed by atoms with Crippen LogP contribution in [0.5, 0.6) is 11.5 Å². The monoisotopic (exact) mass is 272 g/mol. The van der Waals surface area contributed by atoms with Gasteiger partial charge in [-0.3, -0.25) is 4.79 Å². The second kappa shape index (κ2) is 6.19. The number of benzene rings is 1. The van der Waals surface area contributed by atoms with Crippen molar-refractivity contribution in [1.29, 1.82) is 0 Å². The average molecular weight is 272 g/mol. The van der Waals surface area contributed by atoms with Crippen molar-refractivity contribution in [1.82, 2.24) is 0 Å². The van der Waals surface area contributed by atoms with Gasteiger partial charge in [0.15, 0.2) is 24.2 Å². The van der Waals surface area contributed by atoms with Crippen LogP contribution in [-0.2, 0) is 6.54 Å². The Bertz CT molecular complexity index is 623. The second-order valence-electron chi connectivity index (χ2n) is 4.46. The molecule has 0 fully saturated rings. The normalized spacial score (nSPS) is 10.2. The lowest BCUT2D eigenvalue weighted by Gasteiger charge is -2.13. The van der Waals surface area contributed by atoms with Crippen LogP contribution in [0.15, 0.2) is 36.5 Å². The lowest BCUT2D eigenvalue weighted by molar-refractivity contribution is -0.689. The summed E-state index contributed by atoms with van der Waals surface area (Å²) in [4.78, 5) is 11.1. The first kappa shape index (κ1) is 14.1.